The van der Waals surface area contributed by atoms with Crippen molar-refractivity contribution in [3.8, 4) is 0 Å². The molecular formula is C17H20N4O10. The summed E-state index contributed by atoms with van der Waals surface area (Å²) < 4.78 is 22.3. The van der Waals surface area contributed by atoms with Crippen LogP contribution in [-0.2, 0) is 33.3 Å². The number of aliphatic hydroxyl groups is 1. The van der Waals surface area contributed by atoms with E-state index in [0.717, 1.165) is 16.7 Å². The summed E-state index contributed by atoms with van der Waals surface area (Å²) in [5.74, 6) is -2.84. The molecule has 2 unspecified atom stereocenters. The van der Waals surface area contributed by atoms with Crippen LogP contribution in [0, 0.1) is 0 Å². The number of carbonyl (C=O) groups excluding carboxylic acids is 3. The number of aromatic nitrogens is 2. The van der Waals surface area contributed by atoms with Gasteiger partial charge in [0.25, 0.3) is 0 Å². The minimum absolute atomic E-state index is 0.141. The van der Waals surface area contributed by atoms with Gasteiger partial charge < -0.3 is 29.8 Å². The molecule has 2 aliphatic rings. The monoisotopic (exact) mass is 440 g/mol. The highest BCUT2D eigenvalue weighted by Gasteiger charge is 2.51. The van der Waals surface area contributed by atoms with Crippen molar-refractivity contribution in [1.29, 1.82) is 0 Å². The second-order valence-corrected chi connectivity index (χ2v) is 6.71. The highest BCUT2D eigenvalue weighted by atomic mass is 16.7. The van der Waals surface area contributed by atoms with Gasteiger partial charge in [0.1, 0.15) is 18.8 Å². The first-order valence-electron chi connectivity index (χ1n) is 9.05. The lowest BCUT2D eigenvalue weighted by atomic mass is 10.1. The van der Waals surface area contributed by atoms with Gasteiger partial charge in [-0.05, 0) is 13.0 Å². The number of hydrogen-bond acceptors (Lipinski definition) is 13. The third-order valence-electron chi connectivity index (χ3n) is 4.55. The van der Waals surface area contributed by atoms with Gasteiger partial charge in [-0.2, -0.15) is 4.98 Å². The fraction of sp³-hybridized carbons (Fsp3) is 0.471. The molecule has 1 aromatic heterocycles. The van der Waals surface area contributed by atoms with E-state index in [1.54, 1.807) is 5.48 Å². The summed E-state index contributed by atoms with van der Waals surface area (Å²) in [7, 11) is 0. The molecule has 3 heterocycles. The van der Waals surface area contributed by atoms with Crippen LogP contribution >= 0.6 is 0 Å². The van der Waals surface area contributed by atoms with Crippen LogP contribution in [0.5, 0.6) is 0 Å². The zero-order chi connectivity index (χ0) is 22.7. The molecule has 0 bridgehead atoms. The average Bonchev–Trinajstić information content (AvgIpc) is 3.04. The lowest BCUT2D eigenvalue weighted by molar-refractivity contribution is -0.165. The third kappa shape index (κ3) is 4.88. The molecule has 0 saturated carbocycles. The van der Waals surface area contributed by atoms with E-state index in [0.29, 0.717) is 0 Å². The molecule has 1 aromatic rings. The van der Waals surface area contributed by atoms with E-state index in [9.17, 15) is 24.3 Å². The Bertz CT molecular complexity index is 945. The van der Waals surface area contributed by atoms with Crippen LogP contribution in [0.4, 0.5) is 5.82 Å². The van der Waals surface area contributed by atoms with Crippen molar-refractivity contribution in [2.45, 2.75) is 43.6 Å². The molecule has 5 N–H and O–H groups in total. The van der Waals surface area contributed by atoms with Crippen LogP contribution < -0.4 is 16.9 Å². The maximum Gasteiger partial charge on any atom is 0.351 e. The van der Waals surface area contributed by atoms with Gasteiger partial charge in [-0.25, -0.2) is 14.4 Å². The molecule has 14 heteroatoms. The molecule has 0 aliphatic carbocycles. The Morgan fingerprint density at radius 2 is 1.94 bits per heavy atom. The van der Waals surface area contributed by atoms with E-state index >= 15 is 0 Å². The SMILES string of the molecule is CC(O)[C@H](N)C(=O)OC[C@H]1O[C@@H](n2ccc(NO)nc2=O)[C@@H]2OC(=O)/C=C\C(=O)OC21. The lowest BCUT2D eigenvalue weighted by Gasteiger charge is -2.25. The topological polar surface area (TPSA) is 202 Å². The largest absolute Gasteiger partial charge is 0.462 e. The number of esters is 3. The van der Waals surface area contributed by atoms with E-state index < -0.39 is 66.9 Å². The first-order chi connectivity index (χ1) is 14.7. The summed E-state index contributed by atoms with van der Waals surface area (Å²) in [6, 6.07) is -0.0789. The summed E-state index contributed by atoms with van der Waals surface area (Å²) in [6.07, 6.45) is -3.24. The average molecular weight is 440 g/mol. The molecule has 168 valence electrons. The van der Waals surface area contributed by atoms with E-state index in [2.05, 4.69) is 4.98 Å². The van der Waals surface area contributed by atoms with E-state index in [-0.39, 0.29) is 5.82 Å². The smallest absolute Gasteiger partial charge is 0.351 e. The molecule has 3 rings (SSSR count). The second kappa shape index (κ2) is 9.22. The summed E-state index contributed by atoms with van der Waals surface area (Å²) in [4.78, 5) is 51.8. The van der Waals surface area contributed by atoms with Gasteiger partial charge in [-0.1, -0.05) is 0 Å². The van der Waals surface area contributed by atoms with Crippen LogP contribution in [-0.4, -0.2) is 74.8 Å². The van der Waals surface area contributed by atoms with Crippen LogP contribution in [0.25, 0.3) is 0 Å². The standard InChI is InChI=1S/C17H20N4O10/c1-7(22)12(18)16(25)28-6-8-13-14(31-11(24)3-2-10(23)30-13)15(29-8)21-5-4-9(20-27)19-17(21)26/h2-5,7-8,12-15,22,27H,6,18H2,1H3,(H,19,20,26)/b3-2-/t7?,8-,12+,13?,14-,15-/m1/s1. The first kappa shape index (κ1) is 22.4. The first-order valence-corrected chi connectivity index (χ1v) is 9.05. The normalized spacial score (nSPS) is 28.3. The Balaban J connectivity index is 1.89. The summed E-state index contributed by atoms with van der Waals surface area (Å²) >= 11 is 0. The minimum Gasteiger partial charge on any atom is -0.462 e. The summed E-state index contributed by atoms with van der Waals surface area (Å²) in [5.41, 5.74) is 6.36. The van der Waals surface area contributed by atoms with E-state index in [4.69, 9.17) is 29.9 Å². The molecule has 2 aliphatic heterocycles. The number of aliphatic hydroxyl groups excluding tert-OH is 1. The van der Waals surface area contributed by atoms with Gasteiger partial charge >= 0.3 is 23.6 Å². The zero-order valence-corrected chi connectivity index (χ0v) is 16.1. The van der Waals surface area contributed by atoms with E-state index in [1.165, 1.54) is 19.2 Å². The Hall–Kier alpha value is -3.33. The fourth-order valence-electron chi connectivity index (χ4n) is 2.94. The van der Waals surface area contributed by atoms with Crippen LogP contribution in [0.2, 0.25) is 0 Å². The van der Waals surface area contributed by atoms with Gasteiger partial charge in [0, 0.05) is 18.3 Å². The molecule has 1 saturated heterocycles. The molecule has 0 spiro atoms. The maximum absolute atomic E-state index is 12.3. The predicted octanol–water partition coefficient (Wildman–Crippen LogP) is -2.41. The van der Waals surface area contributed by atoms with Crippen LogP contribution in [0.3, 0.4) is 0 Å². The molecule has 0 amide bonds. The maximum atomic E-state index is 12.3. The minimum atomic E-state index is -1.32. The van der Waals surface area contributed by atoms with Gasteiger partial charge in [-0.3, -0.25) is 20.0 Å². The van der Waals surface area contributed by atoms with Gasteiger partial charge in [0.15, 0.2) is 24.3 Å². The van der Waals surface area contributed by atoms with Gasteiger partial charge in [0.05, 0.1) is 6.10 Å². The lowest BCUT2D eigenvalue weighted by Crippen LogP contribution is -2.45. The number of fused-ring (bicyclic) bond motifs is 1. The molecule has 31 heavy (non-hydrogen) atoms. The molecule has 0 radical (unpaired) electrons. The van der Waals surface area contributed by atoms with E-state index in [1.807, 2.05) is 0 Å². The van der Waals surface area contributed by atoms with Crippen molar-refractivity contribution in [2.75, 3.05) is 12.1 Å². The highest BCUT2D eigenvalue weighted by molar-refractivity contribution is 5.92. The fourth-order valence-corrected chi connectivity index (χ4v) is 2.94. The predicted molar refractivity (Wildman–Crippen MR) is 97.3 cm³/mol. The van der Waals surface area contributed by atoms with Crippen molar-refractivity contribution >= 4 is 23.7 Å². The van der Waals surface area contributed by atoms with Gasteiger partial charge in [0.2, 0.25) is 0 Å². The molecule has 6 atom stereocenters. The van der Waals surface area contributed by atoms with Crippen molar-refractivity contribution in [2.24, 2.45) is 5.73 Å². The molecule has 1 fully saturated rings. The number of nitrogens with zero attached hydrogens (tertiary/aromatic N) is 2. The Morgan fingerprint density at radius 1 is 1.29 bits per heavy atom. The number of ether oxygens (including phenoxy) is 4. The summed E-state index contributed by atoms with van der Waals surface area (Å²) in [6.45, 7) is 0.820. The van der Waals surface area contributed by atoms with Crippen LogP contribution in [0.15, 0.2) is 29.2 Å². The number of carbonyl (C=O) groups is 3. The number of anilines is 1. The van der Waals surface area contributed by atoms with Crippen molar-refractivity contribution in [1.82, 2.24) is 9.55 Å². The molecule has 0 aromatic carbocycles. The number of nitrogens with two attached hydrogens (primary N) is 1. The number of hydrogen-bond donors (Lipinski definition) is 4. The molecule has 14 nitrogen and oxygen atoms in total. The van der Waals surface area contributed by atoms with Crippen LogP contribution in [0.1, 0.15) is 13.2 Å². The summed E-state index contributed by atoms with van der Waals surface area (Å²) in [5, 5.41) is 18.3. The number of nitrogens with one attached hydrogen (secondary N) is 1. The third-order valence-corrected chi connectivity index (χ3v) is 4.55. The quantitative estimate of drug-likeness (QED) is 0.207. The Labute approximate surface area is 174 Å². The van der Waals surface area contributed by atoms with Gasteiger partial charge in [-0.15, -0.1) is 0 Å². The second-order valence-electron chi connectivity index (χ2n) is 6.71. The number of rotatable bonds is 6. The Morgan fingerprint density at radius 3 is 2.52 bits per heavy atom. The highest BCUT2D eigenvalue weighted by Crippen LogP contribution is 2.34. The Kier molecular flexibility index (Phi) is 6.65. The zero-order valence-electron chi connectivity index (χ0n) is 16.1. The van der Waals surface area contributed by atoms with Crippen molar-refractivity contribution in [3.05, 3.63) is 34.9 Å². The van der Waals surface area contributed by atoms with Crippen molar-refractivity contribution < 1.29 is 43.6 Å². The molecular weight excluding hydrogens is 420 g/mol. The van der Waals surface area contributed by atoms with Crippen molar-refractivity contribution in [3.63, 3.8) is 0 Å².